The molecule has 4 heterocycles. The highest BCUT2D eigenvalue weighted by Crippen LogP contribution is 2.35. The van der Waals surface area contributed by atoms with Crippen molar-refractivity contribution in [2.75, 3.05) is 0 Å². The molecule has 5 nitrogen and oxygen atoms in total. The highest BCUT2D eigenvalue weighted by atomic mass is 19.1. The highest BCUT2D eigenvalue weighted by Gasteiger charge is 2.17. The van der Waals surface area contributed by atoms with E-state index < -0.39 is 0 Å². The molecule has 0 aliphatic rings. The number of fused-ring (bicyclic) bond motifs is 1. The molecule has 5 rings (SSSR count). The summed E-state index contributed by atoms with van der Waals surface area (Å²) < 4.78 is 15.3. The first-order valence-electron chi connectivity index (χ1n) is 9.58. The van der Waals surface area contributed by atoms with Crippen LogP contribution in [-0.2, 0) is 6.54 Å². The van der Waals surface area contributed by atoms with E-state index in [0.717, 1.165) is 44.9 Å². The third-order valence-corrected chi connectivity index (χ3v) is 5.03. The van der Waals surface area contributed by atoms with Crippen molar-refractivity contribution in [3.63, 3.8) is 0 Å². The standard InChI is InChI=1S/C24H18FN5/c25-19-7-4-17(5-8-19)24-23(16-10-12-27-13-11-16)22-9-6-18(15-30(22)29-24)21-3-1-2-20(14-26)28-21/h1-13,15H,14,26H2. The molecule has 0 aliphatic heterocycles. The number of hydrogen-bond acceptors (Lipinski definition) is 4. The molecule has 30 heavy (non-hydrogen) atoms. The smallest absolute Gasteiger partial charge is 0.123 e. The van der Waals surface area contributed by atoms with Gasteiger partial charge in [-0.15, -0.1) is 0 Å². The molecule has 0 atom stereocenters. The summed E-state index contributed by atoms with van der Waals surface area (Å²) in [5.41, 5.74) is 12.9. The average Bonchev–Trinajstić information content (AvgIpc) is 3.19. The normalized spacial score (nSPS) is 11.1. The third kappa shape index (κ3) is 3.23. The molecule has 6 heteroatoms. The maximum atomic E-state index is 13.5. The van der Waals surface area contributed by atoms with E-state index in [4.69, 9.17) is 10.8 Å². The van der Waals surface area contributed by atoms with Crippen molar-refractivity contribution < 1.29 is 4.39 Å². The van der Waals surface area contributed by atoms with Crippen LogP contribution in [0.15, 0.2) is 85.3 Å². The third-order valence-electron chi connectivity index (χ3n) is 5.03. The zero-order valence-corrected chi connectivity index (χ0v) is 16.0. The monoisotopic (exact) mass is 395 g/mol. The van der Waals surface area contributed by atoms with Crippen molar-refractivity contribution in [3.05, 3.63) is 96.8 Å². The van der Waals surface area contributed by atoms with Gasteiger partial charge in [-0.2, -0.15) is 5.10 Å². The van der Waals surface area contributed by atoms with Crippen molar-refractivity contribution in [3.8, 4) is 33.6 Å². The van der Waals surface area contributed by atoms with Gasteiger partial charge in [0.2, 0.25) is 0 Å². The lowest BCUT2D eigenvalue weighted by Gasteiger charge is -2.05. The fraction of sp³-hybridized carbons (Fsp3) is 0.0417. The van der Waals surface area contributed by atoms with Crippen molar-refractivity contribution in [2.24, 2.45) is 5.73 Å². The molecule has 5 aromatic rings. The molecule has 0 unspecified atom stereocenters. The Bertz CT molecular complexity index is 1330. The van der Waals surface area contributed by atoms with E-state index >= 15 is 0 Å². The minimum Gasteiger partial charge on any atom is -0.325 e. The summed E-state index contributed by atoms with van der Waals surface area (Å²) in [6, 6.07) is 20.1. The molecule has 0 spiro atoms. The SMILES string of the molecule is NCc1cccc(-c2ccc3c(-c4ccncc4)c(-c4ccc(F)cc4)nn3c2)n1. The van der Waals surface area contributed by atoms with Gasteiger partial charge < -0.3 is 5.73 Å². The molecule has 2 N–H and O–H groups in total. The number of halogens is 1. The molecule has 146 valence electrons. The summed E-state index contributed by atoms with van der Waals surface area (Å²) in [6.07, 6.45) is 5.46. The molecule has 4 aromatic heterocycles. The molecule has 0 saturated carbocycles. The summed E-state index contributed by atoms with van der Waals surface area (Å²) >= 11 is 0. The zero-order valence-electron chi connectivity index (χ0n) is 16.0. The van der Waals surface area contributed by atoms with Crippen LogP contribution in [0.2, 0.25) is 0 Å². The van der Waals surface area contributed by atoms with Crippen LogP contribution in [0.4, 0.5) is 4.39 Å². The lowest BCUT2D eigenvalue weighted by atomic mass is 10.0. The summed E-state index contributed by atoms with van der Waals surface area (Å²) in [7, 11) is 0. The average molecular weight is 395 g/mol. The second kappa shape index (κ2) is 7.50. The Morgan fingerprint density at radius 1 is 0.833 bits per heavy atom. The van der Waals surface area contributed by atoms with Gasteiger partial charge in [0, 0.05) is 41.8 Å². The van der Waals surface area contributed by atoms with Gasteiger partial charge in [0.25, 0.3) is 0 Å². The minimum atomic E-state index is -0.277. The molecular weight excluding hydrogens is 377 g/mol. The van der Waals surface area contributed by atoms with Crippen LogP contribution in [0.5, 0.6) is 0 Å². The van der Waals surface area contributed by atoms with Crippen LogP contribution in [-0.4, -0.2) is 19.6 Å². The van der Waals surface area contributed by atoms with Gasteiger partial charge in [-0.1, -0.05) is 6.07 Å². The molecule has 0 bridgehead atoms. The van der Waals surface area contributed by atoms with E-state index in [2.05, 4.69) is 9.97 Å². The maximum Gasteiger partial charge on any atom is 0.123 e. The van der Waals surface area contributed by atoms with Crippen LogP contribution < -0.4 is 5.73 Å². The summed E-state index contributed by atoms with van der Waals surface area (Å²) in [6.45, 7) is 0.388. The van der Waals surface area contributed by atoms with Gasteiger partial charge in [-0.05, 0) is 66.2 Å². The van der Waals surface area contributed by atoms with E-state index in [1.54, 1.807) is 24.5 Å². The summed E-state index contributed by atoms with van der Waals surface area (Å²) in [5, 5.41) is 4.84. The number of nitrogens with two attached hydrogens (primary N) is 1. The van der Waals surface area contributed by atoms with Crippen LogP contribution >= 0.6 is 0 Å². The number of hydrogen-bond donors (Lipinski definition) is 1. The van der Waals surface area contributed by atoms with Gasteiger partial charge in [0.15, 0.2) is 0 Å². The van der Waals surface area contributed by atoms with E-state index in [1.165, 1.54) is 12.1 Å². The van der Waals surface area contributed by atoms with Crippen LogP contribution in [0, 0.1) is 5.82 Å². The molecular formula is C24H18FN5. The van der Waals surface area contributed by atoms with Crippen molar-refractivity contribution in [1.29, 1.82) is 0 Å². The molecule has 0 saturated heterocycles. The van der Waals surface area contributed by atoms with Gasteiger partial charge in [-0.3, -0.25) is 9.97 Å². The second-order valence-corrected chi connectivity index (χ2v) is 6.93. The van der Waals surface area contributed by atoms with Crippen LogP contribution in [0.1, 0.15) is 5.69 Å². The predicted octanol–water partition coefficient (Wildman–Crippen LogP) is 4.72. The molecule has 0 radical (unpaired) electrons. The fourth-order valence-electron chi connectivity index (χ4n) is 3.57. The lowest BCUT2D eigenvalue weighted by molar-refractivity contribution is 0.628. The van der Waals surface area contributed by atoms with E-state index in [1.807, 2.05) is 53.2 Å². The number of aromatic nitrogens is 4. The molecule has 0 amide bonds. The summed E-state index contributed by atoms with van der Waals surface area (Å²) in [5.74, 6) is -0.277. The van der Waals surface area contributed by atoms with Gasteiger partial charge in [0.1, 0.15) is 11.5 Å². The lowest BCUT2D eigenvalue weighted by Crippen LogP contribution is -2.00. The number of pyridine rings is 3. The molecule has 0 aliphatic carbocycles. The second-order valence-electron chi connectivity index (χ2n) is 6.93. The number of nitrogens with zero attached hydrogens (tertiary/aromatic N) is 4. The van der Waals surface area contributed by atoms with E-state index in [9.17, 15) is 4.39 Å². The van der Waals surface area contributed by atoms with Crippen molar-refractivity contribution >= 4 is 5.52 Å². The first kappa shape index (κ1) is 18.1. The Morgan fingerprint density at radius 3 is 2.37 bits per heavy atom. The number of benzene rings is 1. The topological polar surface area (TPSA) is 69.1 Å². The van der Waals surface area contributed by atoms with Crippen LogP contribution in [0.25, 0.3) is 39.2 Å². The first-order chi connectivity index (χ1) is 14.7. The molecule has 0 fully saturated rings. The first-order valence-corrected chi connectivity index (χ1v) is 9.58. The van der Waals surface area contributed by atoms with E-state index in [0.29, 0.717) is 6.54 Å². The maximum absolute atomic E-state index is 13.5. The van der Waals surface area contributed by atoms with E-state index in [-0.39, 0.29) is 5.82 Å². The Morgan fingerprint density at radius 2 is 1.60 bits per heavy atom. The largest absolute Gasteiger partial charge is 0.325 e. The van der Waals surface area contributed by atoms with Crippen molar-refractivity contribution in [2.45, 2.75) is 6.54 Å². The minimum absolute atomic E-state index is 0.277. The Balaban J connectivity index is 1.73. The van der Waals surface area contributed by atoms with Crippen molar-refractivity contribution in [1.82, 2.24) is 19.6 Å². The highest BCUT2D eigenvalue weighted by molar-refractivity contribution is 5.92. The Hall–Kier alpha value is -3.90. The van der Waals surface area contributed by atoms with Crippen LogP contribution in [0.3, 0.4) is 0 Å². The summed E-state index contributed by atoms with van der Waals surface area (Å²) in [4.78, 5) is 8.73. The van der Waals surface area contributed by atoms with Gasteiger partial charge in [-0.25, -0.2) is 8.91 Å². The van der Waals surface area contributed by atoms with Gasteiger partial charge >= 0.3 is 0 Å². The number of rotatable bonds is 4. The molecule has 1 aromatic carbocycles. The zero-order chi connectivity index (χ0) is 20.5. The quantitative estimate of drug-likeness (QED) is 0.478. The fourth-order valence-corrected chi connectivity index (χ4v) is 3.57. The Kier molecular flexibility index (Phi) is 4.53. The predicted molar refractivity (Wildman–Crippen MR) is 115 cm³/mol. The Labute approximate surface area is 172 Å². The van der Waals surface area contributed by atoms with Gasteiger partial charge in [0.05, 0.1) is 16.9 Å².